The van der Waals surface area contributed by atoms with Gasteiger partial charge in [-0.15, -0.1) is 0 Å². The minimum atomic E-state index is -0.934. The summed E-state index contributed by atoms with van der Waals surface area (Å²) in [7, 11) is 3.22. The molecule has 5 rings (SSSR count). The molecule has 0 bridgehead atoms. The maximum absolute atomic E-state index is 5.90. The minimum Gasteiger partial charge on any atom is -0.346 e. The molecule has 0 amide bonds. The van der Waals surface area contributed by atoms with E-state index >= 15 is 0 Å². The van der Waals surface area contributed by atoms with Gasteiger partial charge in [0.15, 0.2) is 14.7 Å². The quantitative estimate of drug-likeness (QED) is 0.143. The molecule has 5 aromatic carbocycles. The highest BCUT2D eigenvalue weighted by molar-refractivity contribution is 7.99. The predicted octanol–water partition coefficient (Wildman–Crippen LogP) is 8.43. The molecule has 37 heavy (non-hydrogen) atoms. The Morgan fingerprint density at radius 2 is 0.838 bits per heavy atom. The van der Waals surface area contributed by atoms with E-state index in [4.69, 9.17) is 9.47 Å². The van der Waals surface area contributed by atoms with Crippen LogP contribution in [0.4, 0.5) is 0 Å². The van der Waals surface area contributed by atoms with E-state index in [1.54, 1.807) is 26.0 Å². The van der Waals surface area contributed by atoms with Crippen LogP contribution in [-0.2, 0) is 26.2 Å². The van der Waals surface area contributed by atoms with Crippen molar-refractivity contribution in [3.63, 3.8) is 0 Å². The van der Waals surface area contributed by atoms with Gasteiger partial charge in [-0.2, -0.15) is 0 Å². The lowest BCUT2D eigenvalue weighted by molar-refractivity contribution is -0.183. The standard InChI is InChI=1S/C33H29O2S2/c1-34-33(35-2,26-12-6-3-7-13-26)27-18-20-28(21-19-27)36-29-22-24-32(25-23-29)37(30-14-8-4-9-15-30)31-16-10-5-11-17-31/h3-25H,1-2H3/q+1. The Bertz CT molecular complexity index is 1340. The van der Waals surface area contributed by atoms with Gasteiger partial charge in [0.2, 0.25) is 5.79 Å². The van der Waals surface area contributed by atoms with E-state index < -0.39 is 5.79 Å². The van der Waals surface area contributed by atoms with E-state index in [1.807, 2.05) is 30.3 Å². The largest absolute Gasteiger partial charge is 0.346 e. The highest BCUT2D eigenvalue weighted by atomic mass is 32.2. The summed E-state index contributed by atoms with van der Waals surface area (Å²) >= 11 is 1.75. The van der Waals surface area contributed by atoms with Crippen LogP contribution in [0.5, 0.6) is 0 Å². The molecule has 0 unspecified atom stereocenters. The predicted molar refractivity (Wildman–Crippen MR) is 153 cm³/mol. The van der Waals surface area contributed by atoms with Crippen molar-refractivity contribution in [2.24, 2.45) is 0 Å². The fourth-order valence-electron chi connectivity index (χ4n) is 4.42. The summed E-state index contributed by atoms with van der Waals surface area (Å²) in [6, 6.07) is 48.9. The first kappa shape index (κ1) is 25.4. The van der Waals surface area contributed by atoms with Crippen LogP contribution in [0, 0.1) is 0 Å². The highest BCUT2D eigenvalue weighted by Gasteiger charge is 2.34. The normalized spacial score (nSPS) is 11.5. The van der Waals surface area contributed by atoms with Crippen LogP contribution in [0.2, 0.25) is 0 Å². The molecular weight excluding hydrogens is 492 g/mol. The maximum Gasteiger partial charge on any atom is 0.221 e. The van der Waals surface area contributed by atoms with Crippen LogP contribution < -0.4 is 0 Å². The molecule has 0 saturated carbocycles. The van der Waals surface area contributed by atoms with Gasteiger partial charge in [0.05, 0.1) is 10.9 Å². The van der Waals surface area contributed by atoms with E-state index in [0.717, 1.165) is 16.0 Å². The summed E-state index contributed by atoms with van der Waals surface area (Å²) in [6.45, 7) is 0. The van der Waals surface area contributed by atoms with Crippen molar-refractivity contribution in [3.8, 4) is 0 Å². The number of ether oxygens (including phenoxy) is 2. The van der Waals surface area contributed by atoms with Crippen molar-refractivity contribution in [1.29, 1.82) is 0 Å². The van der Waals surface area contributed by atoms with Crippen molar-refractivity contribution >= 4 is 22.7 Å². The van der Waals surface area contributed by atoms with Gasteiger partial charge in [-0.3, -0.25) is 0 Å². The van der Waals surface area contributed by atoms with Crippen LogP contribution in [0.15, 0.2) is 164 Å². The molecule has 0 heterocycles. The van der Waals surface area contributed by atoms with Crippen LogP contribution in [0.25, 0.3) is 0 Å². The fourth-order valence-corrected chi connectivity index (χ4v) is 7.32. The number of benzene rings is 5. The number of methoxy groups -OCH3 is 2. The topological polar surface area (TPSA) is 18.5 Å². The van der Waals surface area contributed by atoms with E-state index in [9.17, 15) is 0 Å². The molecule has 4 heteroatoms. The highest BCUT2D eigenvalue weighted by Crippen LogP contribution is 2.37. The zero-order valence-electron chi connectivity index (χ0n) is 20.9. The van der Waals surface area contributed by atoms with Gasteiger partial charge in [0, 0.05) is 35.1 Å². The zero-order valence-corrected chi connectivity index (χ0v) is 22.5. The first-order valence-corrected chi connectivity index (χ1v) is 14.2. The van der Waals surface area contributed by atoms with Gasteiger partial charge in [-0.05, 0) is 60.7 Å². The average Bonchev–Trinajstić information content (AvgIpc) is 2.98. The number of hydrogen-bond donors (Lipinski definition) is 0. The Morgan fingerprint density at radius 1 is 0.459 bits per heavy atom. The van der Waals surface area contributed by atoms with Gasteiger partial charge in [0.1, 0.15) is 0 Å². The molecule has 0 atom stereocenters. The molecular formula is C33H29O2S2+. The minimum absolute atomic E-state index is 0.140. The average molecular weight is 522 g/mol. The monoisotopic (exact) mass is 521 g/mol. The second-order valence-corrected chi connectivity index (χ2v) is 11.6. The third-order valence-corrected chi connectivity index (χ3v) is 9.46. The van der Waals surface area contributed by atoms with Crippen molar-refractivity contribution in [2.75, 3.05) is 14.2 Å². The van der Waals surface area contributed by atoms with Crippen molar-refractivity contribution in [3.05, 3.63) is 151 Å². The van der Waals surface area contributed by atoms with E-state index in [1.165, 1.54) is 19.6 Å². The lowest BCUT2D eigenvalue weighted by atomic mass is 9.97. The van der Waals surface area contributed by atoms with Crippen LogP contribution in [-0.4, -0.2) is 14.2 Å². The molecule has 0 N–H and O–H groups in total. The molecule has 5 aromatic rings. The summed E-state index contributed by atoms with van der Waals surface area (Å²) in [5.41, 5.74) is 1.92. The van der Waals surface area contributed by atoms with Crippen LogP contribution in [0.3, 0.4) is 0 Å². The number of hydrogen-bond acceptors (Lipinski definition) is 3. The molecule has 184 valence electrons. The molecule has 0 saturated heterocycles. The fraction of sp³-hybridized carbons (Fsp3) is 0.0909. The molecule has 2 nitrogen and oxygen atoms in total. The molecule has 0 spiro atoms. The lowest BCUT2D eigenvalue weighted by Crippen LogP contribution is -2.32. The molecule has 0 fully saturated rings. The van der Waals surface area contributed by atoms with Gasteiger partial charge in [-0.1, -0.05) is 90.6 Å². The number of rotatable bonds is 9. The van der Waals surface area contributed by atoms with Gasteiger partial charge in [-0.25, -0.2) is 0 Å². The Morgan fingerprint density at radius 3 is 1.30 bits per heavy atom. The van der Waals surface area contributed by atoms with E-state index in [2.05, 4.69) is 109 Å². The van der Waals surface area contributed by atoms with E-state index in [0.29, 0.717) is 0 Å². The van der Waals surface area contributed by atoms with Gasteiger partial charge < -0.3 is 9.47 Å². The Kier molecular flexibility index (Phi) is 8.12. The lowest BCUT2D eigenvalue weighted by Gasteiger charge is -2.32. The molecule has 0 aliphatic carbocycles. The van der Waals surface area contributed by atoms with Gasteiger partial charge in [0.25, 0.3) is 0 Å². The molecule has 0 aromatic heterocycles. The van der Waals surface area contributed by atoms with Crippen LogP contribution in [0.1, 0.15) is 11.1 Å². The van der Waals surface area contributed by atoms with Crippen LogP contribution >= 0.6 is 11.8 Å². The second kappa shape index (κ2) is 11.8. The third-order valence-electron chi connectivity index (χ3n) is 6.22. The zero-order chi connectivity index (χ0) is 25.5. The van der Waals surface area contributed by atoms with Crippen molar-refractivity contribution in [1.82, 2.24) is 0 Å². The summed E-state index contributed by atoms with van der Waals surface area (Å²) in [6.07, 6.45) is 0. The second-order valence-electron chi connectivity index (χ2n) is 8.42. The molecule has 0 aliphatic heterocycles. The van der Waals surface area contributed by atoms with Crippen molar-refractivity contribution in [2.45, 2.75) is 30.3 Å². The van der Waals surface area contributed by atoms with E-state index in [-0.39, 0.29) is 10.9 Å². The Labute approximate surface area is 226 Å². The summed E-state index contributed by atoms with van der Waals surface area (Å²) in [4.78, 5) is 6.32. The van der Waals surface area contributed by atoms with Crippen molar-refractivity contribution < 1.29 is 9.47 Å². The van der Waals surface area contributed by atoms with Gasteiger partial charge >= 0.3 is 0 Å². The molecule has 0 radical (unpaired) electrons. The summed E-state index contributed by atoms with van der Waals surface area (Å²) in [5.74, 6) is -0.934. The maximum atomic E-state index is 5.90. The SMILES string of the molecule is COC(OC)(c1ccccc1)c1ccc(Sc2ccc([S+](c3ccccc3)c3ccccc3)cc2)cc1. The Balaban J connectivity index is 1.37. The first-order chi connectivity index (χ1) is 18.2. The smallest absolute Gasteiger partial charge is 0.221 e. The Hall–Kier alpha value is -3.28. The summed E-state index contributed by atoms with van der Waals surface area (Å²) < 4.78 is 11.8. The summed E-state index contributed by atoms with van der Waals surface area (Å²) in [5, 5.41) is 0. The third kappa shape index (κ3) is 5.53. The molecule has 0 aliphatic rings. The first-order valence-electron chi connectivity index (χ1n) is 12.1.